The Morgan fingerprint density at radius 3 is 3.00 bits per heavy atom. The molecule has 0 saturated heterocycles. The summed E-state index contributed by atoms with van der Waals surface area (Å²) in [6.45, 7) is 2.67. The molecule has 0 unspecified atom stereocenters. The first-order valence-electron chi connectivity index (χ1n) is 5.13. The zero-order valence-corrected chi connectivity index (χ0v) is 10.1. The molecule has 0 amide bonds. The van der Waals surface area contributed by atoms with E-state index in [9.17, 15) is 4.79 Å². The van der Waals surface area contributed by atoms with Crippen molar-refractivity contribution < 1.29 is 9.90 Å². The molecule has 1 N–H and O–H groups in total. The summed E-state index contributed by atoms with van der Waals surface area (Å²) in [5.41, 5.74) is 0.993. The summed E-state index contributed by atoms with van der Waals surface area (Å²) in [6.07, 6.45) is 4.68. The largest absolute Gasteiger partial charge is 0.478 e. The molecule has 0 aliphatic carbocycles. The first-order valence-corrected chi connectivity index (χ1v) is 5.95. The lowest BCUT2D eigenvalue weighted by atomic mass is 10.4. The Balaban J connectivity index is 2.06. The summed E-state index contributed by atoms with van der Waals surface area (Å²) in [7, 11) is 0. The maximum Gasteiger partial charge on any atom is 0.328 e. The molecule has 0 bridgehead atoms. The fourth-order valence-corrected chi connectivity index (χ4v) is 2.34. The third-order valence-corrected chi connectivity index (χ3v) is 3.20. The van der Waals surface area contributed by atoms with Gasteiger partial charge in [0, 0.05) is 22.0 Å². The number of aromatic nitrogens is 2. The maximum absolute atomic E-state index is 10.4. The van der Waals surface area contributed by atoms with Gasteiger partial charge in [-0.25, -0.2) is 4.79 Å². The predicted octanol–water partition coefficient (Wildman–Crippen LogP) is 2.40. The van der Waals surface area contributed by atoms with E-state index in [1.54, 1.807) is 17.4 Å². The van der Waals surface area contributed by atoms with Crippen molar-refractivity contribution in [1.29, 1.82) is 0 Å². The van der Waals surface area contributed by atoms with Gasteiger partial charge < -0.3 is 5.11 Å². The number of aryl methyl sites for hydroxylation is 1. The predicted molar refractivity (Wildman–Crippen MR) is 67.1 cm³/mol. The molecule has 5 heteroatoms. The van der Waals surface area contributed by atoms with E-state index in [0.717, 1.165) is 28.1 Å². The second-order valence-electron chi connectivity index (χ2n) is 3.63. The lowest BCUT2D eigenvalue weighted by Gasteiger charge is -1.96. The molecule has 88 valence electrons. The monoisotopic (exact) mass is 248 g/mol. The van der Waals surface area contributed by atoms with Crippen molar-refractivity contribution in [3.8, 4) is 0 Å². The van der Waals surface area contributed by atoms with Crippen molar-refractivity contribution in [3.63, 3.8) is 0 Å². The Labute approximate surface area is 103 Å². The van der Waals surface area contributed by atoms with Gasteiger partial charge >= 0.3 is 5.97 Å². The smallest absolute Gasteiger partial charge is 0.328 e. The molecular formula is C12H12N2O2S. The Hall–Kier alpha value is -1.88. The number of hydrogen-bond donors (Lipinski definition) is 1. The summed E-state index contributed by atoms with van der Waals surface area (Å²) in [5, 5.41) is 12.8. The van der Waals surface area contributed by atoms with E-state index in [2.05, 4.69) is 5.10 Å². The summed E-state index contributed by atoms with van der Waals surface area (Å²) in [4.78, 5) is 12.5. The highest BCUT2D eigenvalue weighted by molar-refractivity contribution is 7.12. The fraction of sp³-hybridized carbons (Fsp3) is 0.167. The van der Waals surface area contributed by atoms with Crippen LogP contribution in [0.15, 0.2) is 30.5 Å². The van der Waals surface area contributed by atoms with Crippen LogP contribution in [0, 0.1) is 6.92 Å². The first kappa shape index (κ1) is 11.6. The molecule has 2 rings (SSSR count). The molecule has 0 atom stereocenters. The number of carboxylic acids is 1. The van der Waals surface area contributed by atoms with Crippen molar-refractivity contribution in [2.75, 3.05) is 0 Å². The lowest BCUT2D eigenvalue weighted by Crippen LogP contribution is -1.98. The lowest BCUT2D eigenvalue weighted by molar-refractivity contribution is -0.131. The normalized spacial score (nSPS) is 11.1. The second kappa shape index (κ2) is 4.97. The van der Waals surface area contributed by atoms with Crippen LogP contribution in [-0.4, -0.2) is 20.9 Å². The molecule has 0 fully saturated rings. The number of carboxylic acid groups (broad SMARTS) is 1. The van der Waals surface area contributed by atoms with Gasteiger partial charge in [0.15, 0.2) is 0 Å². The topological polar surface area (TPSA) is 55.1 Å². The van der Waals surface area contributed by atoms with Crippen molar-refractivity contribution in [3.05, 3.63) is 45.9 Å². The van der Waals surface area contributed by atoms with Gasteiger partial charge in [0.05, 0.1) is 12.2 Å². The minimum absolute atomic E-state index is 0.722. The molecule has 0 spiro atoms. The third-order valence-electron chi connectivity index (χ3n) is 2.16. The third kappa shape index (κ3) is 3.29. The van der Waals surface area contributed by atoms with E-state index in [1.807, 2.05) is 36.0 Å². The first-order chi connectivity index (χ1) is 8.13. The van der Waals surface area contributed by atoms with Gasteiger partial charge in [0.25, 0.3) is 0 Å². The molecule has 0 aliphatic rings. The van der Waals surface area contributed by atoms with Crippen LogP contribution < -0.4 is 0 Å². The summed E-state index contributed by atoms with van der Waals surface area (Å²) >= 11 is 1.57. The van der Waals surface area contributed by atoms with Crippen molar-refractivity contribution >= 4 is 23.4 Å². The van der Waals surface area contributed by atoms with Crippen LogP contribution in [0.3, 0.4) is 0 Å². The van der Waals surface area contributed by atoms with Crippen molar-refractivity contribution in [1.82, 2.24) is 9.78 Å². The van der Waals surface area contributed by atoms with Crippen LogP contribution in [0.1, 0.15) is 15.4 Å². The molecule has 2 heterocycles. The van der Waals surface area contributed by atoms with Crippen molar-refractivity contribution in [2.24, 2.45) is 0 Å². The van der Waals surface area contributed by atoms with E-state index in [1.165, 1.54) is 0 Å². The van der Waals surface area contributed by atoms with Crippen LogP contribution in [0.4, 0.5) is 0 Å². The summed E-state index contributed by atoms with van der Waals surface area (Å²) in [6, 6.07) is 5.86. The molecule has 2 aromatic heterocycles. The Kier molecular flexibility index (Phi) is 3.39. The van der Waals surface area contributed by atoms with Crippen LogP contribution in [-0.2, 0) is 11.3 Å². The van der Waals surface area contributed by atoms with E-state index < -0.39 is 5.97 Å². The average Bonchev–Trinajstić information content (AvgIpc) is 2.86. The summed E-state index contributed by atoms with van der Waals surface area (Å²) < 4.78 is 1.87. The maximum atomic E-state index is 10.4. The molecule has 0 radical (unpaired) electrons. The summed E-state index contributed by atoms with van der Waals surface area (Å²) in [5.74, 6) is -0.928. The number of rotatable bonds is 4. The number of thiophene rings is 1. The van der Waals surface area contributed by atoms with E-state index in [-0.39, 0.29) is 0 Å². The molecule has 0 saturated carbocycles. The zero-order chi connectivity index (χ0) is 12.3. The molecule has 17 heavy (non-hydrogen) atoms. The van der Waals surface area contributed by atoms with Gasteiger partial charge in [-0.15, -0.1) is 11.3 Å². The highest BCUT2D eigenvalue weighted by atomic mass is 32.1. The fourth-order valence-electron chi connectivity index (χ4n) is 1.43. The quantitative estimate of drug-likeness (QED) is 0.845. The Bertz CT molecular complexity index is 554. The molecule has 2 aromatic rings. The van der Waals surface area contributed by atoms with Crippen LogP contribution >= 0.6 is 11.3 Å². The van der Waals surface area contributed by atoms with Crippen LogP contribution in [0.25, 0.3) is 6.08 Å². The van der Waals surface area contributed by atoms with Gasteiger partial charge in [-0.2, -0.15) is 5.10 Å². The minimum Gasteiger partial charge on any atom is -0.478 e. The molecule has 0 aliphatic heterocycles. The van der Waals surface area contributed by atoms with Crippen molar-refractivity contribution in [2.45, 2.75) is 13.5 Å². The highest BCUT2D eigenvalue weighted by Gasteiger charge is 2.00. The van der Waals surface area contributed by atoms with E-state index in [0.29, 0.717) is 0 Å². The SMILES string of the molecule is Cc1ccn(Cc2ccc(C=CC(=O)O)s2)n1. The van der Waals surface area contributed by atoms with Crippen LogP contribution in [0.2, 0.25) is 0 Å². The van der Waals surface area contributed by atoms with Gasteiger partial charge in [-0.1, -0.05) is 0 Å². The molecule has 0 aromatic carbocycles. The minimum atomic E-state index is -0.928. The molecular weight excluding hydrogens is 236 g/mol. The second-order valence-corrected chi connectivity index (χ2v) is 4.83. The Morgan fingerprint density at radius 1 is 1.53 bits per heavy atom. The van der Waals surface area contributed by atoms with Crippen LogP contribution in [0.5, 0.6) is 0 Å². The van der Waals surface area contributed by atoms with Gasteiger partial charge in [0.1, 0.15) is 0 Å². The van der Waals surface area contributed by atoms with E-state index >= 15 is 0 Å². The number of carbonyl (C=O) groups is 1. The van der Waals surface area contributed by atoms with Gasteiger partial charge in [-0.05, 0) is 31.2 Å². The highest BCUT2D eigenvalue weighted by Crippen LogP contribution is 2.18. The van der Waals surface area contributed by atoms with E-state index in [4.69, 9.17) is 5.11 Å². The van der Waals surface area contributed by atoms with Gasteiger partial charge in [-0.3, -0.25) is 4.68 Å². The van der Waals surface area contributed by atoms with Gasteiger partial charge in [0.2, 0.25) is 0 Å². The number of hydrogen-bond acceptors (Lipinski definition) is 3. The zero-order valence-electron chi connectivity index (χ0n) is 9.33. The molecule has 4 nitrogen and oxygen atoms in total. The Morgan fingerprint density at radius 2 is 2.35 bits per heavy atom. The number of aliphatic carboxylic acids is 1. The number of nitrogens with zero attached hydrogens (tertiary/aromatic N) is 2. The standard InChI is InChI=1S/C12H12N2O2S/c1-9-6-7-14(13-9)8-11-3-2-10(17-11)4-5-12(15)16/h2-7H,8H2,1H3,(H,15,16). The average molecular weight is 248 g/mol.